The Morgan fingerprint density at radius 1 is 1.23 bits per heavy atom. The van der Waals surface area contributed by atoms with Crippen LogP contribution in [0.15, 0.2) is 22.5 Å². The Morgan fingerprint density at radius 2 is 1.98 bits per heavy atom. The van der Waals surface area contributed by atoms with Crippen molar-refractivity contribution in [2.75, 3.05) is 11.5 Å². The van der Waals surface area contributed by atoms with E-state index in [0.29, 0.717) is 40.1 Å². The highest BCUT2D eigenvalue weighted by molar-refractivity contribution is 8.14. The third-order valence-electron chi connectivity index (χ3n) is 7.31. The molecule has 44 heavy (non-hydrogen) atoms. The minimum atomic E-state index is -1.10. The normalized spacial score (nSPS) is 23.2. The molecular formula is C31H44N4O6S3. The van der Waals surface area contributed by atoms with Crippen molar-refractivity contribution in [1.82, 2.24) is 15.2 Å². The summed E-state index contributed by atoms with van der Waals surface area (Å²) in [5, 5.41) is 5.93. The molecule has 0 aliphatic carbocycles. The molecule has 2 aliphatic heterocycles. The zero-order valence-corrected chi connectivity index (χ0v) is 28.7. The number of carbonyl (C=O) groups is 5. The average Bonchev–Trinajstić information content (AvgIpc) is 3.60. The number of carbonyl (C=O) groups excluding carboxylic acids is 5. The van der Waals surface area contributed by atoms with Crippen LogP contribution in [0.25, 0.3) is 0 Å². The minimum absolute atomic E-state index is 0.0231. The third kappa shape index (κ3) is 10.5. The Kier molecular flexibility index (Phi) is 14.1. The number of thioether (sulfide) groups is 2. The molecule has 242 valence electrons. The fraction of sp³-hybridized carbons (Fsp3) is 0.645. The van der Waals surface area contributed by atoms with E-state index >= 15 is 0 Å². The van der Waals surface area contributed by atoms with E-state index in [-0.39, 0.29) is 24.0 Å². The van der Waals surface area contributed by atoms with E-state index in [0.717, 1.165) is 30.6 Å². The highest BCUT2D eigenvalue weighted by Gasteiger charge is 2.42. The predicted octanol–water partition coefficient (Wildman–Crippen LogP) is 5.29. The van der Waals surface area contributed by atoms with Gasteiger partial charge >= 0.3 is 5.97 Å². The number of nitrogens with one attached hydrogen (secondary N) is 1. The first kappa shape index (κ1) is 36.0. The molecule has 0 aromatic carbocycles. The summed E-state index contributed by atoms with van der Waals surface area (Å²) in [7, 11) is 0. The molecule has 0 fully saturated rings. The van der Waals surface area contributed by atoms with Crippen LogP contribution < -0.4 is 5.32 Å². The fourth-order valence-electron chi connectivity index (χ4n) is 4.62. The van der Waals surface area contributed by atoms with Crippen LogP contribution >= 0.6 is 34.9 Å². The number of hydrogen-bond donors (Lipinski definition) is 1. The quantitative estimate of drug-likeness (QED) is 0.190. The number of ether oxygens (including phenoxy) is 1. The molecule has 2 aliphatic rings. The van der Waals surface area contributed by atoms with Gasteiger partial charge in [0, 0.05) is 30.2 Å². The Labute approximate surface area is 272 Å². The van der Waals surface area contributed by atoms with Gasteiger partial charge in [-0.15, -0.1) is 23.1 Å². The standard InChI is InChI=1S/C31H44N4O6S3/c1-6-7-8-9-10-14-26(38)42-15-12-11-13-22-16-25(37)35(21(4)36)17-24-32-23(18-43-24)28-34-31(5,19-44-28)30(40)33-27(20(2)3)29(39)41-22/h11,13,18,20,22,27H,6-10,12,14-17,19H2,1-5H3,(H,33,40)/t22-,27+,31+/m1/s1. The summed E-state index contributed by atoms with van der Waals surface area (Å²) in [6, 6.07) is -0.970. The first-order valence-corrected chi connectivity index (χ1v) is 18.1. The molecule has 0 unspecified atom stereocenters. The Hall–Kier alpha value is -2.51. The third-order valence-corrected chi connectivity index (χ3v) is 10.4. The van der Waals surface area contributed by atoms with Crippen molar-refractivity contribution in [1.29, 1.82) is 0 Å². The van der Waals surface area contributed by atoms with Crippen LogP contribution in [0.1, 0.15) is 96.7 Å². The molecule has 4 bridgehead atoms. The monoisotopic (exact) mass is 664 g/mol. The Morgan fingerprint density at radius 3 is 2.68 bits per heavy atom. The van der Waals surface area contributed by atoms with E-state index in [4.69, 9.17) is 4.74 Å². The summed E-state index contributed by atoms with van der Waals surface area (Å²) < 4.78 is 5.80. The van der Waals surface area contributed by atoms with Crippen molar-refractivity contribution in [3.63, 3.8) is 0 Å². The highest BCUT2D eigenvalue weighted by atomic mass is 32.2. The molecule has 10 nitrogen and oxygen atoms in total. The van der Waals surface area contributed by atoms with Gasteiger partial charge < -0.3 is 10.1 Å². The van der Waals surface area contributed by atoms with E-state index in [9.17, 15) is 24.0 Å². The summed E-state index contributed by atoms with van der Waals surface area (Å²) in [6.45, 7) is 8.77. The number of fused-ring (bicyclic) bond motifs is 4. The van der Waals surface area contributed by atoms with Gasteiger partial charge in [0.15, 0.2) is 5.12 Å². The van der Waals surface area contributed by atoms with Gasteiger partial charge in [-0.25, -0.2) is 9.78 Å². The minimum Gasteiger partial charge on any atom is -0.456 e. The average molecular weight is 665 g/mol. The maximum atomic E-state index is 13.4. The SMILES string of the molecule is CCCCCCCC(=O)SCCC=C[C@@H]1CC(=O)N(C(C)=O)Cc2nc(cs2)C2=N[C@@](C)(CS2)C(=O)N[C@@H](C(C)C)C(=O)O1. The van der Waals surface area contributed by atoms with Crippen molar-refractivity contribution in [2.45, 2.75) is 110 Å². The van der Waals surface area contributed by atoms with Gasteiger partial charge in [-0.3, -0.25) is 29.1 Å². The number of aromatic nitrogens is 1. The van der Waals surface area contributed by atoms with Gasteiger partial charge in [0.1, 0.15) is 33.4 Å². The first-order valence-electron chi connectivity index (χ1n) is 15.3. The summed E-state index contributed by atoms with van der Waals surface area (Å²) >= 11 is 3.98. The molecule has 0 spiro atoms. The van der Waals surface area contributed by atoms with Crippen LogP contribution in [-0.4, -0.2) is 72.9 Å². The van der Waals surface area contributed by atoms with Crippen molar-refractivity contribution in [2.24, 2.45) is 10.9 Å². The molecule has 0 saturated carbocycles. The molecule has 1 aromatic heterocycles. The number of unbranched alkanes of at least 4 members (excludes halogenated alkanes) is 4. The number of cyclic esters (lactones) is 1. The molecule has 3 rings (SSSR count). The van der Waals surface area contributed by atoms with E-state index in [1.165, 1.54) is 48.2 Å². The Balaban J connectivity index is 1.77. The van der Waals surface area contributed by atoms with Gasteiger partial charge in [-0.1, -0.05) is 64.3 Å². The van der Waals surface area contributed by atoms with Crippen LogP contribution in [0.2, 0.25) is 0 Å². The number of nitrogens with zero attached hydrogens (tertiary/aromatic N) is 3. The van der Waals surface area contributed by atoms with Crippen molar-refractivity contribution in [3.8, 4) is 0 Å². The van der Waals surface area contributed by atoms with Crippen LogP contribution in [0.3, 0.4) is 0 Å². The number of allylic oxidation sites excluding steroid dienone is 1. The lowest BCUT2D eigenvalue weighted by molar-refractivity contribution is -0.155. The van der Waals surface area contributed by atoms with Gasteiger partial charge in [0.2, 0.25) is 17.7 Å². The van der Waals surface area contributed by atoms with E-state index < -0.39 is 41.4 Å². The molecule has 3 atom stereocenters. The molecular weight excluding hydrogens is 621 g/mol. The Bertz CT molecular complexity index is 1260. The number of thiazole rings is 1. The molecule has 3 amide bonds. The number of hydrogen-bond acceptors (Lipinski definition) is 11. The van der Waals surface area contributed by atoms with Gasteiger partial charge in [-0.05, 0) is 31.8 Å². The number of esters is 1. The summed E-state index contributed by atoms with van der Waals surface area (Å²) in [5.74, 6) is -1.38. The lowest BCUT2D eigenvalue weighted by Gasteiger charge is -2.27. The molecule has 1 aromatic rings. The summed E-state index contributed by atoms with van der Waals surface area (Å²) in [4.78, 5) is 75.2. The maximum Gasteiger partial charge on any atom is 0.329 e. The van der Waals surface area contributed by atoms with Crippen molar-refractivity contribution >= 4 is 68.7 Å². The zero-order chi connectivity index (χ0) is 32.3. The van der Waals surface area contributed by atoms with Crippen molar-refractivity contribution in [3.05, 3.63) is 28.2 Å². The van der Waals surface area contributed by atoms with Crippen LogP contribution in [0, 0.1) is 5.92 Å². The molecule has 0 radical (unpaired) electrons. The lowest BCUT2D eigenvalue weighted by atomic mass is 10.0. The summed E-state index contributed by atoms with van der Waals surface area (Å²) in [5.41, 5.74) is -0.512. The van der Waals surface area contributed by atoms with E-state index in [1.807, 2.05) is 0 Å². The molecule has 1 N–H and O–H groups in total. The fourth-order valence-corrected chi connectivity index (χ4v) is 7.36. The van der Waals surface area contributed by atoms with Crippen molar-refractivity contribution < 1.29 is 28.7 Å². The van der Waals surface area contributed by atoms with E-state index in [1.54, 1.807) is 38.3 Å². The number of amides is 3. The predicted molar refractivity (Wildman–Crippen MR) is 177 cm³/mol. The lowest BCUT2D eigenvalue weighted by Crippen LogP contribution is -2.53. The molecule has 3 heterocycles. The van der Waals surface area contributed by atoms with Crippen LogP contribution in [0.4, 0.5) is 0 Å². The summed E-state index contributed by atoms with van der Waals surface area (Å²) in [6.07, 6.45) is 8.73. The van der Waals surface area contributed by atoms with Gasteiger partial charge in [0.25, 0.3) is 0 Å². The number of rotatable bonds is 11. The topological polar surface area (TPSA) is 135 Å². The molecule has 13 heteroatoms. The largest absolute Gasteiger partial charge is 0.456 e. The maximum absolute atomic E-state index is 13.4. The van der Waals surface area contributed by atoms with Crippen LogP contribution in [-0.2, 0) is 35.3 Å². The second kappa shape index (κ2) is 17.3. The van der Waals surface area contributed by atoms with E-state index in [2.05, 4.69) is 22.2 Å². The van der Waals surface area contributed by atoms with Gasteiger partial charge in [0.05, 0.1) is 13.0 Å². The second-order valence-electron chi connectivity index (χ2n) is 11.6. The highest BCUT2D eigenvalue weighted by Crippen LogP contribution is 2.32. The van der Waals surface area contributed by atoms with Gasteiger partial charge in [-0.2, -0.15) is 0 Å². The molecule has 0 saturated heterocycles. The first-order chi connectivity index (χ1) is 20.9. The van der Waals surface area contributed by atoms with Crippen LogP contribution in [0.5, 0.6) is 0 Å². The number of imide groups is 1. The second-order valence-corrected chi connectivity index (χ2v) is 14.6. The zero-order valence-electron chi connectivity index (χ0n) is 26.3. The smallest absolute Gasteiger partial charge is 0.329 e. The number of aliphatic imine (C=N–C) groups is 1.